The molecule has 2 rings (SSSR count). The van der Waals surface area contributed by atoms with Crippen molar-refractivity contribution in [2.24, 2.45) is 5.73 Å². The van der Waals surface area contributed by atoms with Crippen molar-refractivity contribution >= 4 is 37.2 Å². The zero-order valence-corrected chi connectivity index (χ0v) is 18.5. The second kappa shape index (κ2) is 10.7. The van der Waals surface area contributed by atoms with E-state index in [1.54, 1.807) is 47.8 Å². The van der Waals surface area contributed by atoms with E-state index >= 15 is 0 Å². The van der Waals surface area contributed by atoms with Crippen LogP contribution in [-0.2, 0) is 9.30 Å². The number of benzene rings is 2. The molecule has 0 aromatic heterocycles. The smallest absolute Gasteiger partial charge is 0.431 e. The number of hydrogen-bond acceptors (Lipinski definition) is 7. The van der Waals surface area contributed by atoms with Crippen molar-refractivity contribution in [2.45, 2.75) is 35.4 Å². The molecule has 0 saturated heterocycles. The first kappa shape index (κ1) is 22.5. The highest BCUT2D eigenvalue weighted by Gasteiger charge is 2.42. The van der Waals surface area contributed by atoms with Crippen LogP contribution in [0.15, 0.2) is 58.3 Å². The Labute approximate surface area is 174 Å². The summed E-state index contributed by atoms with van der Waals surface area (Å²) in [5.74, 6) is -0.400. The van der Waals surface area contributed by atoms with Gasteiger partial charge < -0.3 is 19.5 Å². The fourth-order valence-electron chi connectivity index (χ4n) is 2.37. The Bertz CT molecular complexity index is 761. The number of thioether (sulfide) groups is 2. The fourth-order valence-corrected chi connectivity index (χ4v) is 5.09. The Morgan fingerprint density at radius 1 is 0.964 bits per heavy atom. The van der Waals surface area contributed by atoms with Crippen LogP contribution in [0.4, 0.5) is 4.79 Å². The number of carbonyl (C=O) groups excluding carboxylic acids is 1. The predicted molar refractivity (Wildman–Crippen MR) is 115 cm³/mol. The molecule has 152 valence electrons. The minimum atomic E-state index is -3.93. The standard InChI is InChI=1S/C19H24NO5PS2/c1-4-5-18(23-19(20)21)26(22,24-14-6-10-16(27-2)11-7-14)25-15-8-12-17(28-3)13-9-15/h6-13,18H,4-5H2,1-3H3,(H2,20,21). The lowest BCUT2D eigenvalue weighted by Gasteiger charge is -2.26. The van der Waals surface area contributed by atoms with Crippen molar-refractivity contribution in [1.82, 2.24) is 0 Å². The molecule has 28 heavy (non-hydrogen) atoms. The SMILES string of the molecule is CCCC(OC(N)=O)P(=O)(Oc1ccc(SC)cc1)Oc1ccc(SC)cc1. The average Bonchev–Trinajstić information content (AvgIpc) is 2.68. The van der Waals surface area contributed by atoms with Gasteiger partial charge in [-0.25, -0.2) is 9.36 Å². The number of amides is 1. The summed E-state index contributed by atoms with van der Waals surface area (Å²) in [6.45, 7) is 1.88. The van der Waals surface area contributed by atoms with Gasteiger partial charge in [0, 0.05) is 9.79 Å². The maximum atomic E-state index is 13.7. The highest BCUT2D eigenvalue weighted by molar-refractivity contribution is 7.98. The molecule has 0 aliphatic heterocycles. The topological polar surface area (TPSA) is 87.9 Å². The van der Waals surface area contributed by atoms with Crippen LogP contribution in [0.3, 0.4) is 0 Å². The lowest BCUT2D eigenvalue weighted by Crippen LogP contribution is -2.26. The van der Waals surface area contributed by atoms with E-state index in [9.17, 15) is 9.36 Å². The van der Waals surface area contributed by atoms with Crippen molar-refractivity contribution < 1.29 is 23.1 Å². The van der Waals surface area contributed by atoms with Crippen LogP contribution in [0, 0.1) is 0 Å². The maximum absolute atomic E-state index is 13.7. The molecule has 0 aliphatic rings. The van der Waals surface area contributed by atoms with Crippen LogP contribution < -0.4 is 14.8 Å². The lowest BCUT2D eigenvalue weighted by molar-refractivity contribution is 0.124. The highest BCUT2D eigenvalue weighted by atomic mass is 32.2. The van der Waals surface area contributed by atoms with E-state index in [2.05, 4.69) is 0 Å². The van der Waals surface area contributed by atoms with Gasteiger partial charge >= 0.3 is 13.7 Å². The van der Waals surface area contributed by atoms with Gasteiger partial charge in [0.25, 0.3) is 0 Å². The Kier molecular flexibility index (Phi) is 8.60. The van der Waals surface area contributed by atoms with Gasteiger partial charge in [-0.05, 0) is 67.5 Å². The molecule has 0 spiro atoms. The van der Waals surface area contributed by atoms with E-state index in [1.165, 1.54) is 0 Å². The minimum absolute atomic E-state index is 0.284. The summed E-state index contributed by atoms with van der Waals surface area (Å²) in [5, 5.41) is 0. The zero-order valence-electron chi connectivity index (χ0n) is 16.0. The normalized spacial score (nSPS) is 12.2. The second-order valence-corrected chi connectivity index (χ2v) is 9.53. The molecule has 2 N–H and O–H groups in total. The summed E-state index contributed by atoms with van der Waals surface area (Å²) in [7, 11) is -3.93. The summed E-state index contributed by atoms with van der Waals surface area (Å²) in [6, 6.07) is 14.2. The Hall–Kier alpha value is -1.76. The summed E-state index contributed by atoms with van der Waals surface area (Å²) < 4.78 is 30.3. The first-order chi connectivity index (χ1) is 13.4. The third kappa shape index (κ3) is 6.40. The molecule has 1 atom stereocenters. The van der Waals surface area contributed by atoms with Crippen LogP contribution >= 0.6 is 31.1 Å². The Morgan fingerprint density at radius 3 is 1.71 bits per heavy atom. The van der Waals surface area contributed by atoms with Gasteiger partial charge in [-0.1, -0.05) is 13.3 Å². The van der Waals surface area contributed by atoms with Crippen molar-refractivity contribution in [1.29, 1.82) is 0 Å². The number of rotatable bonds is 10. The third-order valence-corrected chi connectivity index (χ3v) is 7.21. The molecule has 9 heteroatoms. The molecule has 0 bridgehead atoms. The quantitative estimate of drug-likeness (QED) is 0.357. The van der Waals surface area contributed by atoms with Gasteiger partial charge in [-0.2, -0.15) is 0 Å². The van der Waals surface area contributed by atoms with Gasteiger partial charge in [0.1, 0.15) is 11.5 Å². The van der Waals surface area contributed by atoms with Gasteiger partial charge in [0.05, 0.1) is 0 Å². The molecular weight excluding hydrogens is 417 g/mol. The molecule has 0 saturated carbocycles. The van der Waals surface area contributed by atoms with E-state index in [0.29, 0.717) is 17.9 Å². The molecule has 2 aromatic rings. The van der Waals surface area contributed by atoms with Gasteiger partial charge in [-0.3, -0.25) is 0 Å². The average molecular weight is 442 g/mol. The number of hydrogen-bond donors (Lipinski definition) is 1. The first-order valence-corrected chi connectivity index (χ1v) is 12.7. The predicted octanol–water partition coefficient (Wildman–Crippen LogP) is 6.00. The van der Waals surface area contributed by atoms with Gasteiger partial charge in [0.2, 0.25) is 5.85 Å². The van der Waals surface area contributed by atoms with Crippen molar-refractivity contribution in [3.63, 3.8) is 0 Å². The highest BCUT2D eigenvalue weighted by Crippen LogP contribution is 2.54. The number of nitrogens with two attached hydrogens (primary N) is 1. The van der Waals surface area contributed by atoms with E-state index in [1.807, 2.05) is 43.7 Å². The van der Waals surface area contributed by atoms with Gasteiger partial charge in [0.15, 0.2) is 0 Å². The molecule has 0 fully saturated rings. The van der Waals surface area contributed by atoms with Crippen LogP contribution in [0.1, 0.15) is 19.8 Å². The number of ether oxygens (including phenoxy) is 1. The van der Waals surface area contributed by atoms with E-state index in [0.717, 1.165) is 9.79 Å². The second-order valence-electron chi connectivity index (χ2n) is 5.75. The van der Waals surface area contributed by atoms with Crippen LogP contribution in [0.5, 0.6) is 11.5 Å². The molecule has 1 unspecified atom stereocenters. The molecule has 0 radical (unpaired) electrons. The van der Waals surface area contributed by atoms with Crippen molar-refractivity contribution in [3.8, 4) is 11.5 Å². The zero-order chi connectivity index (χ0) is 20.6. The summed E-state index contributed by atoms with van der Waals surface area (Å²) >= 11 is 3.16. The Balaban J connectivity index is 2.35. The molecule has 1 amide bonds. The van der Waals surface area contributed by atoms with Crippen LogP contribution in [0.2, 0.25) is 0 Å². The summed E-state index contributed by atoms with van der Waals surface area (Å²) in [5.41, 5.74) is 5.18. The monoisotopic (exact) mass is 441 g/mol. The Morgan fingerprint density at radius 2 is 1.39 bits per heavy atom. The van der Waals surface area contributed by atoms with Crippen molar-refractivity contribution in [2.75, 3.05) is 12.5 Å². The minimum Gasteiger partial charge on any atom is -0.431 e. The van der Waals surface area contributed by atoms with Gasteiger partial charge in [-0.15, -0.1) is 23.5 Å². The fraction of sp³-hybridized carbons (Fsp3) is 0.316. The van der Waals surface area contributed by atoms with Crippen LogP contribution in [0.25, 0.3) is 0 Å². The molecule has 0 aliphatic carbocycles. The molecular formula is C19H24NO5PS2. The maximum Gasteiger partial charge on any atom is 0.471 e. The first-order valence-electron chi connectivity index (χ1n) is 8.63. The lowest BCUT2D eigenvalue weighted by atomic mass is 10.3. The molecule has 6 nitrogen and oxygen atoms in total. The molecule has 0 heterocycles. The third-order valence-electron chi connectivity index (χ3n) is 3.72. The number of carbonyl (C=O) groups is 1. The van der Waals surface area contributed by atoms with Crippen molar-refractivity contribution in [3.05, 3.63) is 48.5 Å². The van der Waals surface area contributed by atoms with E-state index in [4.69, 9.17) is 19.5 Å². The number of primary amides is 1. The largest absolute Gasteiger partial charge is 0.471 e. The summed E-state index contributed by atoms with van der Waals surface area (Å²) in [6.07, 6.45) is 3.78. The van der Waals surface area contributed by atoms with E-state index < -0.39 is 19.5 Å². The van der Waals surface area contributed by atoms with Crippen LogP contribution in [-0.4, -0.2) is 24.4 Å². The molecule has 2 aromatic carbocycles. The summed E-state index contributed by atoms with van der Waals surface area (Å²) in [4.78, 5) is 13.4. The van der Waals surface area contributed by atoms with E-state index in [-0.39, 0.29) is 6.42 Å².